The molecule has 0 unspecified atom stereocenters. The van der Waals surface area contributed by atoms with Gasteiger partial charge in [-0.25, -0.2) is 8.42 Å². The number of halogens is 1. The second-order valence-electron chi connectivity index (χ2n) is 7.61. The normalized spacial score (nSPS) is 15.6. The lowest BCUT2D eigenvalue weighted by atomic mass is 10.2. The Bertz CT molecular complexity index is 1000. The number of ether oxygens (including phenoxy) is 1. The standard InChI is InChI=1S/C21H28ClN3O4S2/c1-24(14-16-7-10-20(22)30-16)15-21(26)23-18-13-17(8-9-19(18)29-2)31(27,28)25-11-5-3-4-6-12-25/h7-10,13H,3-6,11-12,14-15H2,1-2H3,(H,23,26). The minimum Gasteiger partial charge on any atom is -0.495 e. The van der Waals surface area contributed by atoms with Crippen LogP contribution in [0.15, 0.2) is 35.2 Å². The van der Waals surface area contributed by atoms with E-state index < -0.39 is 10.0 Å². The molecule has 1 fully saturated rings. The number of hydrogen-bond acceptors (Lipinski definition) is 6. The van der Waals surface area contributed by atoms with E-state index in [0.29, 0.717) is 35.4 Å². The van der Waals surface area contributed by atoms with Crippen molar-refractivity contribution < 1.29 is 17.9 Å². The fourth-order valence-electron chi connectivity index (χ4n) is 3.57. The van der Waals surface area contributed by atoms with Gasteiger partial charge in [-0.1, -0.05) is 24.4 Å². The highest BCUT2D eigenvalue weighted by atomic mass is 35.5. The Morgan fingerprint density at radius 2 is 1.90 bits per heavy atom. The number of methoxy groups -OCH3 is 1. The van der Waals surface area contributed by atoms with Crippen molar-refractivity contribution in [1.82, 2.24) is 9.21 Å². The van der Waals surface area contributed by atoms with E-state index >= 15 is 0 Å². The molecule has 10 heteroatoms. The molecule has 1 aliphatic heterocycles. The third kappa shape index (κ3) is 6.43. The molecule has 0 spiro atoms. The van der Waals surface area contributed by atoms with Crippen molar-refractivity contribution in [3.63, 3.8) is 0 Å². The van der Waals surface area contributed by atoms with Crippen LogP contribution in [0.3, 0.4) is 0 Å². The summed E-state index contributed by atoms with van der Waals surface area (Å²) in [5, 5.41) is 2.80. The molecular formula is C21H28ClN3O4S2. The van der Waals surface area contributed by atoms with Crippen molar-refractivity contribution in [3.8, 4) is 5.75 Å². The fourth-order valence-corrected chi connectivity index (χ4v) is 6.28. The van der Waals surface area contributed by atoms with Gasteiger partial charge in [-0.15, -0.1) is 11.3 Å². The molecule has 3 rings (SSSR count). The highest BCUT2D eigenvalue weighted by molar-refractivity contribution is 7.89. The zero-order valence-electron chi connectivity index (χ0n) is 17.8. The Balaban J connectivity index is 1.71. The van der Waals surface area contributed by atoms with Gasteiger partial charge in [0.1, 0.15) is 5.75 Å². The molecule has 1 aliphatic rings. The molecular weight excluding hydrogens is 458 g/mol. The topological polar surface area (TPSA) is 79.0 Å². The number of carbonyl (C=O) groups is 1. The molecule has 31 heavy (non-hydrogen) atoms. The van der Waals surface area contributed by atoms with Gasteiger partial charge in [0.25, 0.3) is 0 Å². The molecule has 170 valence electrons. The molecule has 1 N–H and O–H groups in total. The van der Waals surface area contributed by atoms with E-state index in [1.807, 2.05) is 24.1 Å². The van der Waals surface area contributed by atoms with Gasteiger partial charge in [0, 0.05) is 24.5 Å². The number of nitrogens with one attached hydrogen (secondary N) is 1. The molecule has 0 aliphatic carbocycles. The number of sulfonamides is 1. The summed E-state index contributed by atoms with van der Waals surface area (Å²) >= 11 is 7.43. The molecule has 2 heterocycles. The molecule has 1 aromatic heterocycles. The summed E-state index contributed by atoms with van der Waals surface area (Å²) in [4.78, 5) is 15.7. The highest BCUT2D eigenvalue weighted by Gasteiger charge is 2.26. The van der Waals surface area contributed by atoms with Crippen LogP contribution in [0.1, 0.15) is 30.6 Å². The van der Waals surface area contributed by atoms with E-state index in [1.54, 1.807) is 6.07 Å². The monoisotopic (exact) mass is 485 g/mol. The van der Waals surface area contributed by atoms with Crippen LogP contribution in [-0.4, -0.2) is 57.3 Å². The number of thiophene rings is 1. The lowest BCUT2D eigenvalue weighted by Gasteiger charge is -2.21. The summed E-state index contributed by atoms with van der Waals surface area (Å²) in [6.45, 7) is 1.77. The van der Waals surface area contributed by atoms with Crippen molar-refractivity contribution in [2.24, 2.45) is 0 Å². The Hall–Kier alpha value is -1.65. The van der Waals surface area contributed by atoms with Gasteiger partial charge < -0.3 is 10.1 Å². The minimum atomic E-state index is -3.63. The maximum atomic E-state index is 13.1. The number of carbonyl (C=O) groups excluding carboxylic acids is 1. The van der Waals surface area contributed by atoms with Crippen LogP contribution >= 0.6 is 22.9 Å². The molecule has 0 bridgehead atoms. The Labute approximate surface area is 193 Å². The van der Waals surface area contributed by atoms with Crippen LogP contribution in [0.5, 0.6) is 5.75 Å². The maximum absolute atomic E-state index is 13.1. The van der Waals surface area contributed by atoms with Gasteiger partial charge in [-0.2, -0.15) is 4.31 Å². The van der Waals surface area contributed by atoms with Crippen molar-refractivity contribution in [2.45, 2.75) is 37.1 Å². The predicted molar refractivity (Wildman–Crippen MR) is 125 cm³/mol. The van der Waals surface area contributed by atoms with Crippen LogP contribution < -0.4 is 10.1 Å². The third-order valence-corrected chi connectivity index (χ3v) is 8.23. The van der Waals surface area contributed by atoms with E-state index in [-0.39, 0.29) is 17.3 Å². The second kappa shape index (κ2) is 10.8. The van der Waals surface area contributed by atoms with Gasteiger partial charge in [-0.05, 0) is 50.2 Å². The quantitative estimate of drug-likeness (QED) is 0.610. The molecule has 2 aromatic rings. The molecule has 0 radical (unpaired) electrons. The molecule has 0 saturated carbocycles. The largest absolute Gasteiger partial charge is 0.495 e. The Morgan fingerprint density at radius 3 is 2.52 bits per heavy atom. The molecule has 1 saturated heterocycles. The zero-order valence-corrected chi connectivity index (χ0v) is 20.2. The smallest absolute Gasteiger partial charge is 0.243 e. The third-order valence-electron chi connectivity index (χ3n) is 5.12. The van der Waals surface area contributed by atoms with Gasteiger partial charge in [0.05, 0.1) is 28.6 Å². The van der Waals surface area contributed by atoms with Crippen molar-refractivity contribution in [1.29, 1.82) is 0 Å². The van der Waals surface area contributed by atoms with E-state index in [0.717, 1.165) is 30.6 Å². The molecule has 0 atom stereocenters. The summed E-state index contributed by atoms with van der Waals surface area (Å²) in [6.07, 6.45) is 3.81. The second-order valence-corrected chi connectivity index (χ2v) is 11.3. The number of likely N-dealkylation sites (N-methyl/N-ethyl adjacent to an activating group) is 1. The molecule has 1 aromatic carbocycles. The zero-order chi connectivity index (χ0) is 22.4. The first kappa shape index (κ1) is 24.0. The highest BCUT2D eigenvalue weighted by Crippen LogP contribution is 2.30. The van der Waals surface area contributed by atoms with E-state index in [9.17, 15) is 13.2 Å². The van der Waals surface area contributed by atoms with Crippen molar-refractivity contribution in [3.05, 3.63) is 39.5 Å². The minimum absolute atomic E-state index is 0.141. The lowest BCUT2D eigenvalue weighted by Crippen LogP contribution is -2.32. The summed E-state index contributed by atoms with van der Waals surface area (Å²) in [7, 11) is -0.300. The summed E-state index contributed by atoms with van der Waals surface area (Å²) in [6, 6.07) is 8.35. The number of nitrogens with zero attached hydrogens (tertiary/aromatic N) is 2. The van der Waals surface area contributed by atoms with Crippen LogP contribution in [0, 0.1) is 0 Å². The van der Waals surface area contributed by atoms with Crippen molar-refractivity contribution >= 4 is 44.6 Å². The Kier molecular flexibility index (Phi) is 8.35. The maximum Gasteiger partial charge on any atom is 0.243 e. The first-order chi connectivity index (χ1) is 14.8. The van der Waals surface area contributed by atoms with Gasteiger partial charge >= 0.3 is 0 Å². The van der Waals surface area contributed by atoms with Gasteiger partial charge in [0.15, 0.2) is 0 Å². The summed E-state index contributed by atoms with van der Waals surface area (Å²) in [5.74, 6) is 0.156. The van der Waals surface area contributed by atoms with Crippen LogP contribution in [-0.2, 0) is 21.4 Å². The molecule has 1 amide bonds. The number of anilines is 1. The SMILES string of the molecule is COc1ccc(S(=O)(=O)N2CCCCCC2)cc1NC(=O)CN(C)Cc1ccc(Cl)s1. The van der Waals surface area contributed by atoms with Crippen LogP contribution in [0.25, 0.3) is 0 Å². The van der Waals surface area contributed by atoms with E-state index in [4.69, 9.17) is 16.3 Å². The van der Waals surface area contributed by atoms with Crippen LogP contribution in [0.2, 0.25) is 4.34 Å². The van der Waals surface area contributed by atoms with E-state index in [2.05, 4.69) is 5.32 Å². The Morgan fingerprint density at radius 1 is 1.19 bits per heavy atom. The number of amides is 1. The average molecular weight is 486 g/mol. The first-order valence-corrected chi connectivity index (χ1v) is 12.8. The number of rotatable bonds is 8. The first-order valence-electron chi connectivity index (χ1n) is 10.2. The van der Waals surface area contributed by atoms with Crippen molar-refractivity contribution in [2.75, 3.05) is 39.1 Å². The summed E-state index contributed by atoms with van der Waals surface area (Å²) < 4.78 is 33.8. The molecule has 7 nitrogen and oxygen atoms in total. The summed E-state index contributed by atoms with van der Waals surface area (Å²) in [5.41, 5.74) is 0.343. The van der Waals surface area contributed by atoms with E-state index in [1.165, 1.54) is 34.9 Å². The number of hydrogen-bond donors (Lipinski definition) is 1. The van der Waals surface area contributed by atoms with Gasteiger partial charge in [0.2, 0.25) is 15.9 Å². The van der Waals surface area contributed by atoms with Crippen LogP contribution in [0.4, 0.5) is 5.69 Å². The average Bonchev–Trinajstić information content (AvgIpc) is 2.95. The lowest BCUT2D eigenvalue weighted by molar-refractivity contribution is -0.117. The predicted octanol–water partition coefficient (Wildman–Crippen LogP) is 4.05. The fraction of sp³-hybridized carbons (Fsp3) is 0.476. The number of benzene rings is 1. The van der Waals surface area contributed by atoms with Gasteiger partial charge in [-0.3, -0.25) is 9.69 Å².